The van der Waals surface area contributed by atoms with E-state index in [9.17, 15) is 4.79 Å². The van der Waals surface area contributed by atoms with Crippen molar-refractivity contribution in [3.63, 3.8) is 0 Å². The van der Waals surface area contributed by atoms with Crippen LogP contribution in [0.1, 0.15) is 10.6 Å². The van der Waals surface area contributed by atoms with Gasteiger partial charge in [-0.05, 0) is 19.1 Å². The molecule has 0 bridgehead atoms. The van der Waals surface area contributed by atoms with E-state index in [2.05, 4.69) is 4.98 Å². The Morgan fingerprint density at radius 2 is 2.32 bits per heavy atom. The third-order valence-corrected chi connectivity index (χ3v) is 5.70. The molecule has 2 rings (SSSR count). The van der Waals surface area contributed by atoms with E-state index in [4.69, 9.17) is 11.6 Å². The lowest BCUT2D eigenvalue weighted by molar-refractivity contribution is -0.127. The van der Waals surface area contributed by atoms with E-state index < -0.39 is 0 Å². The van der Waals surface area contributed by atoms with Crippen molar-refractivity contribution in [2.24, 2.45) is 0 Å². The predicted molar refractivity (Wildman–Crippen MR) is 83.4 cm³/mol. The largest absolute Gasteiger partial charge is 0.340 e. The van der Waals surface area contributed by atoms with Crippen LogP contribution in [0.15, 0.2) is 21.9 Å². The topological polar surface area (TPSA) is 33.2 Å². The molecule has 0 aromatic carbocycles. The molecule has 7 heteroatoms. The fourth-order valence-electron chi connectivity index (χ4n) is 1.39. The van der Waals surface area contributed by atoms with Crippen molar-refractivity contribution >= 4 is 51.9 Å². The fraction of sp³-hybridized carbons (Fsp3) is 0.333. The van der Waals surface area contributed by atoms with Crippen LogP contribution in [0.3, 0.4) is 0 Å². The van der Waals surface area contributed by atoms with Gasteiger partial charge in [0.05, 0.1) is 16.6 Å². The molecule has 0 saturated carbocycles. The smallest absolute Gasteiger partial charge is 0.233 e. The van der Waals surface area contributed by atoms with Crippen molar-refractivity contribution in [2.75, 3.05) is 12.8 Å². The lowest BCUT2D eigenvalue weighted by Crippen LogP contribution is -2.27. The number of nitrogens with zero attached hydrogens (tertiary/aromatic N) is 2. The summed E-state index contributed by atoms with van der Waals surface area (Å²) >= 11 is 10.4. The number of rotatable bonds is 5. The van der Waals surface area contributed by atoms with Crippen LogP contribution in [0.4, 0.5) is 0 Å². The molecule has 3 nitrogen and oxygen atoms in total. The summed E-state index contributed by atoms with van der Waals surface area (Å²) in [6.45, 7) is 2.56. The van der Waals surface area contributed by atoms with E-state index in [0.717, 1.165) is 19.2 Å². The van der Waals surface area contributed by atoms with Crippen LogP contribution in [-0.4, -0.2) is 28.6 Å². The molecule has 2 aromatic rings. The summed E-state index contributed by atoms with van der Waals surface area (Å²) in [4.78, 5) is 19.1. The van der Waals surface area contributed by atoms with Crippen molar-refractivity contribution in [1.29, 1.82) is 0 Å². The summed E-state index contributed by atoms with van der Waals surface area (Å²) < 4.78 is 1.70. The van der Waals surface area contributed by atoms with Crippen LogP contribution in [0.2, 0.25) is 4.34 Å². The Hall–Kier alpha value is -0.560. The predicted octanol–water partition coefficient (Wildman–Crippen LogP) is 3.92. The Bertz CT molecular complexity index is 567. The molecular formula is C12H13ClN2OS3. The quantitative estimate of drug-likeness (QED) is 0.778. The molecule has 0 atom stereocenters. The van der Waals surface area contributed by atoms with Crippen molar-refractivity contribution in [1.82, 2.24) is 9.88 Å². The second-order valence-corrected chi connectivity index (χ2v) is 7.88. The van der Waals surface area contributed by atoms with E-state index in [-0.39, 0.29) is 5.91 Å². The van der Waals surface area contributed by atoms with Crippen LogP contribution in [0.5, 0.6) is 0 Å². The summed E-state index contributed by atoms with van der Waals surface area (Å²) in [5, 5.41) is 1.99. The summed E-state index contributed by atoms with van der Waals surface area (Å²) in [5.74, 6) is 0.519. The van der Waals surface area contributed by atoms with Crippen LogP contribution in [0, 0.1) is 6.92 Å². The van der Waals surface area contributed by atoms with Crippen molar-refractivity contribution in [3.05, 3.63) is 32.4 Å². The Morgan fingerprint density at radius 1 is 1.53 bits per heavy atom. The van der Waals surface area contributed by atoms with Crippen LogP contribution >= 0.6 is 46.0 Å². The van der Waals surface area contributed by atoms with Gasteiger partial charge < -0.3 is 4.90 Å². The van der Waals surface area contributed by atoms with Gasteiger partial charge in [0.25, 0.3) is 0 Å². The summed E-state index contributed by atoms with van der Waals surface area (Å²) in [6.07, 6.45) is 0. The molecule has 0 saturated heterocycles. The second kappa shape index (κ2) is 6.74. The van der Waals surface area contributed by atoms with Crippen molar-refractivity contribution in [2.45, 2.75) is 17.8 Å². The number of thioether (sulfide) groups is 1. The van der Waals surface area contributed by atoms with Crippen molar-refractivity contribution in [3.8, 4) is 0 Å². The standard InChI is InChI=1S/C12H13ClN2OS3/c1-8-6-17-12(14-8)18-7-11(16)15(2)5-9-3-4-10(13)19-9/h3-4,6H,5,7H2,1-2H3. The molecule has 2 heterocycles. The highest BCUT2D eigenvalue weighted by Crippen LogP contribution is 2.24. The average Bonchev–Trinajstić information content (AvgIpc) is 2.95. The molecule has 0 spiro atoms. The lowest BCUT2D eigenvalue weighted by atomic mass is 10.4. The maximum atomic E-state index is 12.0. The molecule has 19 heavy (non-hydrogen) atoms. The molecule has 0 fully saturated rings. The SMILES string of the molecule is Cc1csc(SCC(=O)N(C)Cc2ccc(Cl)s2)n1. The minimum atomic E-state index is 0.0994. The molecular weight excluding hydrogens is 320 g/mol. The number of thiophene rings is 1. The van der Waals surface area contributed by atoms with Gasteiger partial charge in [-0.25, -0.2) is 4.98 Å². The summed E-state index contributed by atoms with van der Waals surface area (Å²) in [5.41, 5.74) is 1.00. The number of aryl methyl sites for hydroxylation is 1. The molecule has 0 N–H and O–H groups in total. The van der Waals surface area contributed by atoms with Gasteiger partial charge in [0, 0.05) is 23.0 Å². The van der Waals surface area contributed by atoms with Gasteiger partial charge in [-0.2, -0.15) is 0 Å². The molecule has 2 aromatic heterocycles. The first-order chi connectivity index (χ1) is 9.04. The third-order valence-electron chi connectivity index (χ3n) is 2.36. The van der Waals surface area contributed by atoms with Gasteiger partial charge in [-0.1, -0.05) is 23.4 Å². The first-order valence-electron chi connectivity index (χ1n) is 5.57. The van der Waals surface area contributed by atoms with E-state index in [1.165, 1.54) is 23.1 Å². The van der Waals surface area contributed by atoms with Crippen LogP contribution in [0.25, 0.3) is 0 Å². The number of halogens is 1. The Balaban J connectivity index is 1.82. The van der Waals surface area contributed by atoms with Gasteiger partial charge in [-0.15, -0.1) is 22.7 Å². The Kier molecular flexibility index (Phi) is 5.27. The van der Waals surface area contributed by atoms with Crippen molar-refractivity contribution < 1.29 is 4.79 Å². The molecule has 0 radical (unpaired) electrons. The van der Waals surface area contributed by atoms with Crippen LogP contribution < -0.4 is 0 Å². The first-order valence-corrected chi connectivity index (χ1v) is 8.63. The number of carbonyl (C=O) groups is 1. The molecule has 1 amide bonds. The van der Waals surface area contributed by atoms with Crippen LogP contribution in [-0.2, 0) is 11.3 Å². The molecule has 0 aliphatic rings. The third kappa shape index (κ3) is 4.49. The molecule has 0 aliphatic carbocycles. The molecule has 0 unspecified atom stereocenters. The zero-order valence-electron chi connectivity index (χ0n) is 10.6. The zero-order chi connectivity index (χ0) is 13.8. The molecule has 102 valence electrons. The number of thiazole rings is 1. The average molecular weight is 333 g/mol. The highest BCUT2D eigenvalue weighted by Gasteiger charge is 2.12. The Morgan fingerprint density at radius 3 is 2.89 bits per heavy atom. The number of aromatic nitrogens is 1. The zero-order valence-corrected chi connectivity index (χ0v) is 13.8. The highest BCUT2D eigenvalue weighted by atomic mass is 35.5. The first kappa shape index (κ1) is 14.8. The Labute approximate surface area is 129 Å². The highest BCUT2D eigenvalue weighted by molar-refractivity contribution is 8.01. The minimum absolute atomic E-state index is 0.0994. The monoisotopic (exact) mass is 332 g/mol. The van der Waals surface area contributed by atoms with E-state index in [0.29, 0.717) is 12.3 Å². The van der Waals surface area contributed by atoms with E-state index in [1.54, 1.807) is 16.2 Å². The van der Waals surface area contributed by atoms with Gasteiger partial charge >= 0.3 is 0 Å². The number of carbonyl (C=O) groups excluding carboxylic acids is 1. The van der Waals surface area contributed by atoms with E-state index in [1.807, 2.05) is 31.5 Å². The minimum Gasteiger partial charge on any atom is -0.340 e. The normalized spacial score (nSPS) is 10.7. The summed E-state index contributed by atoms with van der Waals surface area (Å²) in [7, 11) is 1.81. The lowest BCUT2D eigenvalue weighted by Gasteiger charge is -2.15. The number of amides is 1. The van der Waals surface area contributed by atoms with Gasteiger partial charge in [0.15, 0.2) is 4.34 Å². The second-order valence-electron chi connectivity index (χ2n) is 4.00. The maximum absolute atomic E-state index is 12.0. The number of hydrogen-bond donors (Lipinski definition) is 0. The van der Waals surface area contributed by atoms with E-state index >= 15 is 0 Å². The molecule has 0 aliphatic heterocycles. The van der Waals surface area contributed by atoms with Gasteiger partial charge in [-0.3, -0.25) is 4.79 Å². The maximum Gasteiger partial charge on any atom is 0.233 e. The number of hydrogen-bond acceptors (Lipinski definition) is 5. The fourth-order valence-corrected chi connectivity index (χ4v) is 4.32. The summed E-state index contributed by atoms with van der Waals surface area (Å²) in [6, 6.07) is 3.81. The van der Waals surface area contributed by atoms with Gasteiger partial charge in [0.2, 0.25) is 5.91 Å². The van der Waals surface area contributed by atoms with Gasteiger partial charge in [0.1, 0.15) is 0 Å².